The highest BCUT2D eigenvalue weighted by molar-refractivity contribution is 5.99. The standard InChI is InChI=1S/C29H34F3N5O8/c1-2-44-28(43)36-13-11-35(12-14-36)27(42)21(7-8-25(39)40)34-26(41)22-15-23(19-5-3-4-6-20(19)33-22)45-17-24(38)37-10-9-18(16-37)29(30,31)32/h3-6,15,18,21H,2,7-14,16-17H2,1H3,(H,34,41)(H,39,40). The van der Waals surface area contributed by atoms with E-state index in [1.807, 2.05) is 0 Å². The zero-order valence-corrected chi connectivity index (χ0v) is 24.5. The smallest absolute Gasteiger partial charge is 0.409 e. The molecule has 0 aliphatic carbocycles. The zero-order chi connectivity index (χ0) is 32.7. The second kappa shape index (κ2) is 14.4. The van der Waals surface area contributed by atoms with E-state index >= 15 is 0 Å². The highest BCUT2D eigenvalue weighted by Gasteiger charge is 2.44. The first kappa shape index (κ1) is 33.3. The average molecular weight is 638 g/mol. The maximum atomic E-state index is 13.4. The molecule has 45 heavy (non-hydrogen) atoms. The number of halogens is 3. The molecule has 2 aliphatic rings. The monoisotopic (exact) mass is 637 g/mol. The second-order valence-electron chi connectivity index (χ2n) is 10.6. The number of carboxylic acids is 1. The highest BCUT2D eigenvalue weighted by atomic mass is 19.4. The second-order valence-corrected chi connectivity index (χ2v) is 10.6. The first-order valence-corrected chi connectivity index (χ1v) is 14.5. The summed E-state index contributed by atoms with van der Waals surface area (Å²) in [5.74, 6) is -4.67. The lowest BCUT2D eigenvalue weighted by molar-refractivity contribution is -0.171. The van der Waals surface area contributed by atoms with Gasteiger partial charge < -0.3 is 34.6 Å². The van der Waals surface area contributed by atoms with E-state index < -0.39 is 67.5 Å². The van der Waals surface area contributed by atoms with Gasteiger partial charge in [-0.15, -0.1) is 0 Å². The highest BCUT2D eigenvalue weighted by Crippen LogP contribution is 2.33. The number of carboxylic acid groups (broad SMARTS) is 1. The van der Waals surface area contributed by atoms with Crippen LogP contribution in [0.5, 0.6) is 5.75 Å². The van der Waals surface area contributed by atoms with Crippen LogP contribution in [0.1, 0.15) is 36.7 Å². The third-order valence-corrected chi connectivity index (χ3v) is 7.63. The van der Waals surface area contributed by atoms with E-state index in [1.54, 1.807) is 31.2 Å². The molecule has 1 aromatic carbocycles. The largest absolute Gasteiger partial charge is 0.483 e. The first-order valence-electron chi connectivity index (χ1n) is 14.5. The molecule has 0 radical (unpaired) electrons. The fraction of sp³-hybridized carbons (Fsp3) is 0.517. The normalized spacial score (nSPS) is 17.6. The predicted octanol–water partition coefficient (Wildman–Crippen LogP) is 2.29. The Morgan fingerprint density at radius 3 is 2.38 bits per heavy atom. The number of hydrogen-bond acceptors (Lipinski definition) is 8. The number of pyridine rings is 1. The maximum absolute atomic E-state index is 13.4. The molecule has 0 saturated carbocycles. The van der Waals surface area contributed by atoms with Crippen LogP contribution in [0.3, 0.4) is 0 Å². The topological polar surface area (TPSA) is 159 Å². The number of carbonyl (C=O) groups is 5. The van der Waals surface area contributed by atoms with Gasteiger partial charge in [0, 0.05) is 57.1 Å². The van der Waals surface area contributed by atoms with Gasteiger partial charge in [-0.05, 0) is 31.9 Å². The van der Waals surface area contributed by atoms with Gasteiger partial charge >= 0.3 is 18.2 Å². The van der Waals surface area contributed by atoms with Crippen LogP contribution in [0.15, 0.2) is 30.3 Å². The van der Waals surface area contributed by atoms with Crippen molar-refractivity contribution >= 4 is 40.7 Å². The maximum Gasteiger partial charge on any atom is 0.409 e. The van der Waals surface area contributed by atoms with E-state index in [9.17, 15) is 42.3 Å². The van der Waals surface area contributed by atoms with Crippen LogP contribution in [0.2, 0.25) is 0 Å². The van der Waals surface area contributed by atoms with Crippen molar-refractivity contribution in [1.29, 1.82) is 0 Å². The number of carbonyl (C=O) groups excluding carboxylic acids is 4. The van der Waals surface area contributed by atoms with Crippen LogP contribution in [0, 0.1) is 5.92 Å². The van der Waals surface area contributed by atoms with Gasteiger partial charge in [0.25, 0.3) is 11.8 Å². The Labute approximate surface area is 256 Å². The molecule has 4 amide bonds. The van der Waals surface area contributed by atoms with E-state index in [1.165, 1.54) is 15.9 Å². The van der Waals surface area contributed by atoms with Gasteiger partial charge in [-0.1, -0.05) is 12.1 Å². The number of alkyl halides is 3. The van der Waals surface area contributed by atoms with Crippen molar-refractivity contribution in [3.05, 3.63) is 36.0 Å². The zero-order valence-electron chi connectivity index (χ0n) is 24.5. The lowest BCUT2D eigenvalue weighted by atomic mass is 10.1. The van der Waals surface area contributed by atoms with E-state index in [0.717, 1.165) is 4.90 Å². The van der Waals surface area contributed by atoms with Crippen LogP contribution in [-0.4, -0.2) is 119 Å². The molecule has 2 unspecified atom stereocenters. The van der Waals surface area contributed by atoms with Gasteiger partial charge in [0.15, 0.2) is 6.61 Å². The van der Waals surface area contributed by atoms with E-state index in [-0.39, 0.29) is 63.6 Å². The number of rotatable bonds is 10. The van der Waals surface area contributed by atoms with Crippen molar-refractivity contribution < 1.29 is 51.7 Å². The number of para-hydroxylation sites is 1. The van der Waals surface area contributed by atoms with Crippen molar-refractivity contribution in [3.63, 3.8) is 0 Å². The van der Waals surface area contributed by atoms with Crippen LogP contribution in [-0.2, 0) is 19.1 Å². The van der Waals surface area contributed by atoms with Crippen molar-refractivity contribution in [2.75, 3.05) is 52.5 Å². The molecule has 0 spiro atoms. The molecule has 2 fully saturated rings. The van der Waals surface area contributed by atoms with Crippen LogP contribution < -0.4 is 10.1 Å². The first-order chi connectivity index (χ1) is 21.4. The molecule has 4 rings (SSSR count). The third kappa shape index (κ3) is 8.51. The molecule has 1 aromatic heterocycles. The Morgan fingerprint density at radius 2 is 1.73 bits per heavy atom. The summed E-state index contributed by atoms with van der Waals surface area (Å²) in [5, 5.41) is 12.2. The van der Waals surface area contributed by atoms with Crippen LogP contribution in [0.4, 0.5) is 18.0 Å². The molecule has 2 aliphatic heterocycles. The molecule has 244 valence electrons. The Bertz CT molecular complexity index is 1430. The summed E-state index contributed by atoms with van der Waals surface area (Å²) in [5.41, 5.74) is 0.129. The van der Waals surface area contributed by atoms with Gasteiger partial charge in [-0.2, -0.15) is 13.2 Å². The molecular formula is C29H34F3N5O8. The van der Waals surface area contributed by atoms with Gasteiger partial charge in [-0.25, -0.2) is 9.78 Å². The van der Waals surface area contributed by atoms with Crippen molar-refractivity contribution in [2.45, 2.75) is 38.4 Å². The number of likely N-dealkylation sites (tertiary alicyclic amines) is 1. The molecular weight excluding hydrogens is 603 g/mol. The number of nitrogens with zero attached hydrogens (tertiary/aromatic N) is 4. The number of piperazine rings is 1. The molecule has 13 nitrogen and oxygen atoms in total. The molecule has 2 saturated heterocycles. The summed E-state index contributed by atoms with van der Waals surface area (Å²) in [6.07, 6.45) is -5.72. The summed E-state index contributed by atoms with van der Waals surface area (Å²) >= 11 is 0. The predicted molar refractivity (Wildman–Crippen MR) is 151 cm³/mol. The number of aromatic nitrogens is 1. The molecule has 0 bridgehead atoms. The molecule has 2 atom stereocenters. The summed E-state index contributed by atoms with van der Waals surface area (Å²) in [6.45, 7) is 1.49. The lowest BCUT2D eigenvalue weighted by Gasteiger charge is -2.35. The average Bonchev–Trinajstić information content (AvgIpc) is 3.53. The Hall–Kier alpha value is -4.63. The molecule has 3 heterocycles. The van der Waals surface area contributed by atoms with Crippen LogP contribution >= 0.6 is 0 Å². The molecule has 2 aromatic rings. The quantitative estimate of drug-likeness (QED) is 0.399. The summed E-state index contributed by atoms with van der Waals surface area (Å²) < 4.78 is 49.9. The fourth-order valence-electron chi connectivity index (χ4n) is 5.17. The number of ether oxygens (including phenoxy) is 2. The van der Waals surface area contributed by atoms with Gasteiger partial charge in [0.1, 0.15) is 17.5 Å². The number of nitrogens with one attached hydrogen (secondary N) is 1. The SMILES string of the molecule is CCOC(=O)N1CCN(C(=O)C(CCC(=O)O)NC(=O)c2cc(OCC(=O)N3CCC(C(F)(F)F)C3)c3ccccc3n2)CC1. The minimum absolute atomic E-state index is 0.0548. The number of hydrogen-bond donors (Lipinski definition) is 2. The number of benzene rings is 1. The van der Waals surface area contributed by atoms with E-state index in [0.29, 0.717) is 10.9 Å². The Kier molecular flexibility index (Phi) is 10.7. The summed E-state index contributed by atoms with van der Waals surface area (Å²) in [4.78, 5) is 71.0. The van der Waals surface area contributed by atoms with Gasteiger partial charge in [0.05, 0.1) is 18.0 Å². The Balaban J connectivity index is 1.47. The minimum atomic E-state index is -4.40. The van der Waals surface area contributed by atoms with E-state index in [4.69, 9.17) is 9.47 Å². The lowest BCUT2D eigenvalue weighted by Crippen LogP contribution is -2.56. The number of fused-ring (bicyclic) bond motifs is 1. The third-order valence-electron chi connectivity index (χ3n) is 7.63. The van der Waals surface area contributed by atoms with E-state index in [2.05, 4.69) is 10.3 Å². The molecule has 2 N–H and O–H groups in total. The Morgan fingerprint density at radius 1 is 1.04 bits per heavy atom. The number of amides is 4. The minimum Gasteiger partial charge on any atom is -0.483 e. The van der Waals surface area contributed by atoms with Crippen molar-refractivity contribution in [3.8, 4) is 5.75 Å². The van der Waals surface area contributed by atoms with Gasteiger partial charge in [-0.3, -0.25) is 19.2 Å². The van der Waals surface area contributed by atoms with Crippen molar-refractivity contribution in [1.82, 2.24) is 25.0 Å². The molecule has 16 heteroatoms. The number of aliphatic carboxylic acids is 1. The van der Waals surface area contributed by atoms with Crippen LogP contribution in [0.25, 0.3) is 10.9 Å². The van der Waals surface area contributed by atoms with Crippen molar-refractivity contribution in [2.24, 2.45) is 5.92 Å². The fourth-order valence-corrected chi connectivity index (χ4v) is 5.17. The van der Waals surface area contributed by atoms with Gasteiger partial charge in [0.2, 0.25) is 5.91 Å². The summed E-state index contributed by atoms with van der Waals surface area (Å²) in [7, 11) is 0. The summed E-state index contributed by atoms with van der Waals surface area (Å²) in [6, 6.07) is 6.58.